The molecular weight excluding hydrogens is 314 g/mol. The van der Waals surface area contributed by atoms with Gasteiger partial charge in [-0.25, -0.2) is 4.98 Å². The Labute approximate surface area is 138 Å². The average molecular weight is 333 g/mol. The Hall–Kier alpha value is -1.86. The van der Waals surface area contributed by atoms with Gasteiger partial charge in [0.2, 0.25) is 5.91 Å². The number of carbonyl (C=O) groups excluding carboxylic acids is 1. The monoisotopic (exact) mass is 333 g/mol. The van der Waals surface area contributed by atoms with Crippen LogP contribution in [0.4, 0.5) is 5.13 Å². The molecule has 0 aliphatic carbocycles. The van der Waals surface area contributed by atoms with Crippen LogP contribution in [0.1, 0.15) is 19.8 Å². The van der Waals surface area contributed by atoms with Gasteiger partial charge >= 0.3 is 0 Å². The molecule has 1 aromatic heterocycles. The number of ether oxygens (including phenoxy) is 2. The molecular formula is C16H19N3O3S. The van der Waals surface area contributed by atoms with Crippen LogP contribution in [0.5, 0.6) is 11.5 Å². The van der Waals surface area contributed by atoms with E-state index in [-0.39, 0.29) is 11.8 Å². The SMILES string of the molecule is C[C@H]1C[C@@H](C(=O)Nc2nc3cc4c(cc3s2)OCCO4)CCN1. The van der Waals surface area contributed by atoms with Gasteiger partial charge in [0.05, 0.1) is 10.2 Å². The van der Waals surface area contributed by atoms with E-state index < -0.39 is 0 Å². The highest BCUT2D eigenvalue weighted by molar-refractivity contribution is 7.22. The van der Waals surface area contributed by atoms with Crippen LogP contribution >= 0.6 is 11.3 Å². The number of rotatable bonds is 2. The van der Waals surface area contributed by atoms with Crippen molar-refractivity contribution in [2.75, 3.05) is 25.1 Å². The van der Waals surface area contributed by atoms with E-state index in [1.807, 2.05) is 12.1 Å². The lowest BCUT2D eigenvalue weighted by molar-refractivity contribution is -0.120. The minimum atomic E-state index is 0.0538. The van der Waals surface area contributed by atoms with Crippen molar-refractivity contribution in [1.82, 2.24) is 10.3 Å². The van der Waals surface area contributed by atoms with E-state index in [4.69, 9.17) is 9.47 Å². The Morgan fingerprint density at radius 1 is 1.35 bits per heavy atom. The summed E-state index contributed by atoms with van der Waals surface area (Å²) in [7, 11) is 0. The van der Waals surface area contributed by atoms with Gasteiger partial charge in [-0.2, -0.15) is 0 Å². The highest BCUT2D eigenvalue weighted by atomic mass is 32.1. The third kappa shape index (κ3) is 2.98. The first-order chi connectivity index (χ1) is 11.2. The van der Waals surface area contributed by atoms with E-state index in [0.717, 1.165) is 41.1 Å². The Morgan fingerprint density at radius 3 is 2.91 bits per heavy atom. The fraction of sp³-hybridized carbons (Fsp3) is 0.500. The molecule has 3 heterocycles. The largest absolute Gasteiger partial charge is 0.486 e. The fourth-order valence-electron chi connectivity index (χ4n) is 3.10. The molecule has 0 saturated carbocycles. The van der Waals surface area contributed by atoms with Gasteiger partial charge in [0.15, 0.2) is 16.6 Å². The molecule has 2 atom stereocenters. The van der Waals surface area contributed by atoms with Gasteiger partial charge in [-0.3, -0.25) is 4.79 Å². The molecule has 0 bridgehead atoms. The molecule has 2 aromatic rings. The molecule has 2 N–H and O–H groups in total. The Balaban J connectivity index is 1.53. The zero-order valence-electron chi connectivity index (χ0n) is 12.9. The van der Waals surface area contributed by atoms with E-state index in [0.29, 0.717) is 24.4 Å². The quantitative estimate of drug-likeness (QED) is 0.883. The number of piperidine rings is 1. The summed E-state index contributed by atoms with van der Waals surface area (Å²) >= 11 is 1.47. The summed E-state index contributed by atoms with van der Waals surface area (Å²) in [5, 5.41) is 6.97. The number of hydrogen-bond acceptors (Lipinski definition) is 6. The third-order valence-electron chi connectivity index (χ3n) is 4.28. The molecule has 0 radical (unpaired) electrons. The van der Waals surface area contributed by atoms with Crippen LogP contribution in [-0.2, 0) is 4.79 Å². The molecule has 1 saturated heterocycles. The molecule has 0 unspecified atom stereocenters. The van der Waals surface area contributed by atoms with Gasteiger partial charge in [-0.05, 0) is 26.3 Å². The summed E-state index contributed by atoms with van der Waals surface area (Å²) in [6, 6.07) is 4.20. The summed E-state index contributed by atoms with van der Waals surface area (Å²) in [5.41, 5.74) is 0.827. The van der Waals surface area contributed by atoms with Gasteiger partial charge in [0, 0.05) is 24.1 Å². The first-order valence-electron chi connectivity index (χ1n) is 7.93. The van der Waals surface area contributed by atoms with Crippen LogP contribution in [0.3, 0.4) is 0 Å². The van der Waals surface area contributed by atoms with Crippen molar-refractivity contribution in [3.8, 4) is 11.5 Å². The van der Waals surface area contributed by atoms with Crippen molar-refractivity contribution >= 4 is 32.6 Å². The Bertz CT molecular complexity index is 702. The number of anilines is 1. The second-order valence-electron chi connectivity index (χ2n) is 6.05. The number of thiazole rings is 1. The molecule has 1 aromatic carbocycles. The molecule has 2 aliphatic rings. The number of carbonyl (C=O) groups is 1. The molecule has 2 aliphatic heterocycles. The van der Waals surface area contributed by atoms with Crippen LogP contribution in [0.25, 0.3) is 10.2 Å². The van der Waals surface area contributed by atoms with Crippen molar-refractivity contribution in [3.05, 3.63) is 12.1 Å². The zero-order valence-corrected chi connectivity index (χ0v) is 13.7. The fourth-order valence-corrected chi connectivity index (χ4v) is 3.97. The number of hydrogen-bond donors (Lipinski definition) is 2. The van der Waals surface area contributed by atoms with Crippen molar-refractivity contribution < 1.29 is 14.3 Å². The van der Waals surface area contributed by atoms with Crippen molar-refractivity contribution in [3.63, 3.8) is 0 Å². The van der Waals surface area contributed by atoms with Crippen molar-refractivity contribution in [1.29, 1.82) is 0 Å². The van der Waals surface area contributed by atoms with Gasteiger partial charge in [0.25, 0.3) is 0 Å². The van der Waals surface area contributed by atoms with E-state index in [2.05, 4.69) is 22.5 Å². The molecule has 6 nitrogen and oxygen atoms in total. The lowest BCUT2D eigenvalue weighted by Gasteiger charge is -2.26. The van der Waals surface area contributed by atoms with Crippen molar-refractivity contribution in [2.45, 2.75) is 25.8 Å². The topological polar surface area (TPSA) is 72.5 Å². The minimum Gasteiger partial charge on any atom is -0.486 e. The lowest BCUT2D eigenvalue weighted by atomic mass is 9.93. The Kier molecular flexibility index (Phi) is 3.82. The number of amides is 1. The van der Waals surface area contributed by atoms with Crippen molar-refractivity contribution in [2.24, 2.45) is 5.92 Å². The predicted octanol–water partition coefficient (Wildman–Crippen LogP) is 2.39. The molecule has 4 rings (SSSR count). The summed E-state index contributed by atoms with van der Waals surface area (Å²) in [6.07, 6.45) is 1.74. The van der Waals surface area contributed by atoms with Crippen LogP contribution in [0.15, 0.2) is 12.1 Å². The molecule has 1 fully saturated rings. The molecule has 23 heavy (non-hydrogen) atoms. The average Bonchev–Trinajstić information content (AvgIpc) is 2.93. The number of nitrogens with zero attached hydrogens (tertiary/aromatic N) is 1. The summed E-state index contributed by atoms with van der Waals surface area (Å²) in [5.74, 6) is 1.59. The smallest absolute Gasteiger partial charge is 0.229 e. The van der Waals surface area contributed by atoms with Gasteiger partial charge in [0.1, 0.15) is 13.2 Å². The van der Waals surface area contributed by atoms with Crippen LogP contribution in [0.2, 0.25) is 0 Å². The highest BCUT2D eigenvalue weighted by Crippen LogP contribution is 2.38. The molecule has 122 valence electrons. The van der Waals surface area contributed by atoms with Gasteiger partial charge in [-0.15, -0.1) is 0 Å². The molecule has 0 spiro atoms. The minimum absolute atomic E-state index is 0.0538. The van der Waals surface area contributed by atoms with E-state index in [1.165, 1.54) is 11.3 Å². The normalized spacial score (nSPS) is 23.7. The maximum atomic E-state index is 12.4. The van der Waals surface area contributed by atoms with E-state index in [1.54, 1.807) is 0 Å². The maximum Gasteiger partial charge on any atom is 0.229 e. The van der Waals surface area contributed by atoms with Crippen LogP contribution in [0, 0.1) is 5.92 Å². The first kappa shape index (κ1) is 14.7. The third-order valence-corrected chi connectivity index (χ3v) is 5.21. The zero-order chi connectivity index (χ0) is 15.8. The highest BCUT2D eigenvalue weighted by Gasteiger charge is 2.25. The lowest BCUT2D eigenvalue weighted by Crippen LogP contribution is -2.40. The number of benzene rings is 1. The summed E-state index contributed by atoms with van der Waals surface area (Å²) in [6.45, 7) is 4.12. The number of nitrogens with one attached hydrogen (secondary N) is 2. The summed E-state index contributed by atoms with van der Waals surface area (Å²) in [4.78, 5) is 16.9. The maximum absolute atomic E-state index is 12.4. The van der Waals surface area contributed by atoms with Gasteiger partial charge in [-0.1, -0.05) is 11.3 Å². The van der Waals surface area contributed by atoms with E-state index in [9.17, 15) is 4.79 Å². The number of aromatic nitrogens is 1. The second-order valence-corrected chi connectivity index (χ2v) is 7.08. The standard InChI is InChI=1S/C16H19N3O3S/c1-9-6-10(2-3-17-9)15(20)19-16-18-11-7-12-13(8-14(11)23-16)22-5-4-21-12/h7-10,17H,2-6H2,1H3,(H,18,19,20)/t9-,10-/m0/s1. The summed E-state index contributed by atoms with van der Waals surface area (Å²) < 4.78 is 12.2. The Morgan fingerprint density at radius 2 is 2.13 bits per heavy atom. The molecule has 7 heteroatoms. The van der Waals surface area contributed by atoms with Gasteiger partial charge < -0.3 is 20.1 Å². The molecule has 1 amide bonds. The second kappa shape index (κ2) is 5.98. The first-order valence-corrected chi connectivity index (χ1v) is 8.75. The number of fused-ring (bicyclic) bond motifs is 2. The van der Waals surface area contributed by atoms with Crippen LogP contribution < -0.4 is 20.1 Å². The van der Waals surface area contributed by atoms with E-state index >= 15 is 0 Å². The predicted molar refractivity (Wildman–Crippen MR) is 89.4 cm³/mol. The van der Waals surface area contributed by atoms with Crippen LogP contribution in [-0.4, -0.2) is 36.7 Å².